The topological polar surface area (TPSA) is 111 Å². The first-order valence-electron chi connectivity index (χ1n) is 10.8. The van der Waals surface area contributed by atoms with Crippen molar-refractivity contribution in [1.29, 1.82) is 5.26 Å². The molecule has 1 saturated heterocycles. The first kappa shape index (κ1) is 21.5. The smallest absolute Gasteiger partial charge is 0.177 e. The number of hydrogen-bond acceptors (Lipinski definition) is 7. The van der Waals surface area contributed by atoms with E-state index in [2.05, 4.69) is 27.5 Å². The maximum absolute atomic E-state index is 11.8. The Hall–Kier alpha value is -3.35. The third-order valence-corrected chi connectivity index (χ3v) is 7.20. The van der Waals surface area contributed by atoms with Gasteiger partial charge in [-0.15, -0.1) is 0 Å². The van der Waals surface area contributed by atoms with Crippen molar-refractivity contribution < 1.29 is 13.2 Å². The lowest BCUT2D eigenvalue weighted by molar-refractivity contribution is 0.00631. The van der Waals surface area contributed by atoms with Crippen LogP contribution in [0.15, 0.2) is 47.6 Å². The highest BCUT2D eigenvalue weighted by atomic mass is 32.2. The zero-order chi connectivity index (χ0) is 23.2. The Kier molecular flexibility index (Phi) is 5.35. The summed E-state index contributed by atoms with van der Waals surface area (Å²) in [7, 11) is -3.31. The van der Waals surface area contributed by atoms with Gasteiger partial charge in [0.05, 0.1) is 39.9 Å². The number of imidazole rings is 1. The first-order chi connectivity index (χ1) is 15.8. The molecule has 1 aliphatic heterocycles. The van der Waals surface area contributed by atoms with Gasteiger partial charge in [0.25, 0.3) is 0 Å². The van der Waals surface area contributed by atoms with E-state index < -0.39 is 9.84 Å². The highest BCUT2D eigenvalue weighted by molar-refractivity contribution is 7.90. The lowest BCUT2D eigenvalue weighted by atomic mass is 10.0. The summed E-state index contributed by atoms with van der Waals surface area (Å²) < 4.78 is 31.6. The number of ether oxygens (including phenoxy) is 1. The van der Waals surface area contributed by atoms with Crippen LogP contribution in [-0.2, 0) is 21.0 Å². The van der Waals surface area contributed by atoms with Crippen molar-refractivity contribution in [2.75, 3.05) is 12.9 Å². The standard InChI is InChI=1S/C24H23N5O3S/c1-15-9-18(7-8-32-15)29-23(11-17-4-5-19(13-26-17)33(2,30)31)28-22-14-27-21-6-3-16(12-25)10-20(21)24(22)29/h3-6,10,13-15,18H,7-9,11H2,1-2H3/t15-,18?/m1/s1. The molecule has 0 N–H and O–H groups in total. The fourth-order valence-electron chi connectivity index (χ4n) is 4.52. The summed E-state index contributed by atoms with van der Waals surface area (Å²) in [6.45, 7) is 2.74. The summed E-state index contributed by atoms with van der Waals surface area (Å²) in [4.78, 5) is 14.0. The quantitative estimate of drug-likeness (QED) is 0.457. The Bertz CT molecular complexity index is 1500. The highest BCUT2D eigenvalue weighted by Gasteiger charge is 2.26. The van der Waals surface area contributed by atoms with E-state index in [4.69, 9.17) is 9.72 Å². The molecule has 0 amide bonds. The lowest BCUT2D eigenvalue weighted by Crippen LogP contribution is -2.26. The van der Waals surface area contributed by atoms with Crippen LogP contribution in [0.3, 0.4) is 0 Å². The largest absolute Gasteiger partial charge is 0.378 e. The van der Waals surface area contributed by atoms with Gasteiger partial charge in [-0.25, -0.2) is 13.4 Å². The molecule has 33 heavy (non-hydrogen) atoms. The Labute approximate surface area is 191 Å². The van der Waals surface area contributed by atoms with E-state index in [0.717, 1.165) is 46.3 Å². The minimum absolute atomic E-state index is 0.129. The molecule has 1 fully saturated rings. The zero-order valence-electron chi connectivity index (χ0n) is 18.4. The molecule has 0 radical (unpaired) electrons. The number of benzene rings is 1. The summed E-state index contributed by atoms with van der Waals surface area (Å²) in [6, 6.07) is 11.2. The first-order valence-corrected chi connectivity index (χ1v) is 12.7. The second-order valence-electron chi connectivity index (χ2n) is 8.53. The van der Waals surface area contributed by atoms with Crippen LogP contribution in [0.2, 0.25) is 0 Å². The van der Waals surface area contributed by atoms with E-state index in [9.17, 15) is 13.7 Å². The van der Waals surface area contributed by atoms with Crippen molar-refractivity contribution in [3.05, 3.63) is 59.8 Å². The van der Waals surface area contributed by atoms with Crippen LogP contribution in [0.25, 0.3) is 21.9 Å². The van der Waals surface area contributed by atoms with E-state index in [1.165, 1.54) is 12.5 Å². The Morgan fingerprint density at radius 1 is 1.18 bits per heavy atom. The number of rotatable bonds is 4. The second kappa shape index (κ2) is 8.21. The molecule has 4 heterocycles. The van der Waals surface area contributed by atoms with Gasteiger partial charge in [0.15, 0.2) is 9.84 Å². The van der Waals surface area contributed by atoms with Gasteiger partial charge in [0, 0.05) is 42.6 Å². The van der Waals surface area contributed by atoms with E-state index >= 15 is 0 Å². The third-order valence-electron chi connectivity index (χ3n) is 6.11. The molecule has 1 aliphatic rings. The number of aromatic nitrogens is 4. The monoisotopic (exact) mass is 461 g/mol. The van der Waals surface area contributed by atoms with Gasteiger partial charge in [-0.1, -0.05) is 0 Å². The molecular formula is C24H23N5O3S. The van der Waals surface area contributed by atoms with Crippen molar-refractivity contribution in [1.82, 2.24) is 19.5 Å². The molecule has 2 atom stereocenters. The second-order valence-corrected chi connectivity index (χ2v) is 10.5. The van der Waals surface area contributed by atoms with Gasteiger partial charge in [0.1, 0.15) is 11.3 Å². The molecule has 3 aromatic heterocycles. The normalized spacial score (nSPS) is 19.1. The molecule has 0 aliphatic carbocycles. The molecule has 4 aromatic rings. The van der Waals surface area contributed by atoms with Crippen molar-refractivity contribution in [3.63, 3.8) is 0 Å². The molecule has 1 unspecified atom stereocenters. The van der Waals surface area contributed by atoms with Gasteiger partial charge >= 0.3 is 0 Å². The van der Waals surface area contributed by atoms with Crippen molar-refractivity contribution >= 4 is 31.8 Å². The van der Waals surface area contributed by atoms with Crippen LogP contribution < -0.4 is 0 Å². The minimum Gasteiger partial charge on any atom is -0.378 e. The van der Waals surface area contributed by atoms with Crippen LogP contribution in [0.1, 0.15) is 42.9 Å². The van der Waals surface area contributed by atoms with E-state index in [1.54, 1.807) is 24.4 Å². The molecule has 0 saturated carbocycles. The molecule has 0 spiro atoms. The lowest BCUT2D eigenvalue weighted by Gasteiger charge is -2.30. The fraction of sp³-hybridized carbons (Fsp3) is 0.333. The number of nitrogens with zero attached hydrogens (tertiary/aromatic N) is 5. The minimum atomic E-state index is -3.31. The van der Waals surface area contributed by atoms with Crippen LogP contribution in [0.5, 0.6) is 0 Å². The summed E-state index contributed by atoms with van der Waals surface area (Å²) in [6.07, 6.45) is 6.61. The van der Waals surface area contributed by atoms with Crippen molar-refractivity contribution in [2.24, 2.45) is 0 Å². The number of sulfone groups is 1. The predicted molar refractivity (Wildman–Crippen MR) is 124 cm³/mol. The average molecular weight is 462 g/mol. The van der Waals surface area contributed by atoms with Crippen LogP contribution in [-0.4, -0.2) is 46.9 Å². The predicted octanol–water partition coefficient (Wildman–Crippen LogP) is 3.59. The highest BCUT2D eigenvalue weighted by Crippen LogP contribution is 2.34. The van der Waals surface area contributed by atoms with Crippen LogP contribution in [0.4, 0.5) is 0 Å². The van der Waals surface area contributed by atoms with Crippen LogP contribution in [0, 0.1) is 11.3 Å². The number of fused-ring (bicyclic) bond motifs is 3. The summed E-state index contributed by atoms with van der Waals surface area (Å²) in [5, 5.41) is 10.3. The molecular weight excluding hydrogens is 438 g/mol. The van der Waals surface area contributed by atoms with Crippen LogP contribution >= 0.6 is 0 Å². The van der Waals surface area contributed by atoms with Gasteiger partial charge in [0.2, 0.25) is 0 Å². The maximum Gasteiger partial charge on any atom is 0.177 e. The summed E-state index contributed by atoms with van der Waals surface area (Å²) >= 11 is 0. The van der Waals surface area contributed by atoms with Gasteiger partial charge in [-0.05, 0) is 50.1 Å². The SMILES string of the molecule is C[C@@H]1CC(n2c(Cc3ccc(S(C)(=O)=O)cn3)nc3cnc4ccc(C#N)cc4c32)CCO1. The van der Waals surface area contributed by atoms with E-state index in [1.807, 2.05) is 12.1 Å². The molecule has 5 rings (SSSR count). The Morgan fingerprint density at radius 2 is 2.03 bits per heavy atom. The van der Waals surface area contributed by atoms with Crippen molar-refractivity contribution in [2.45, 2.75) is 43.2 Å². The average Bonchev–Trinajstić information content (AvgIpc) is 3.17. The molecule has 9 heteroatoms. The number of pyridine rings is 2. The number of nitriles is 1. The Balaban J connectivity index is 1.68. The number of hydrogen-bond donors (Lipinski definition) is 0. The molecule has 8 nitrogen and oxygen atoms in total. The molecule has 1 aromatic carbocycles. The zero-order valence-corrected chi connectivity index (χ0v) is 19.2. The molecule has 168 valence electrons. The summed E-state index contributed by atoms with van der Waals surface area (Å²) in [5.74, 6) is 0.834. The molecule has 0 bridgehead atoms. The third kappa shape index (κ3) is 4.08. The Morgan fingerprint density at radius 3 is 2.73 bits per heavy atom. The van der Waals surface area contributed by atoms with Gasteiger partial charge < -0.3 is 9.30 Å². The van der Waals surface area contributed by atoms with Gasteiger partial charge in [-0.3, -0.25) is 9.97 Å². The fourth-order valence-corrected chi connectivity index (χ4v) is 5.08. The maximum atomic E-state index is 11.8. The van der Waals surface area contributed by atoms with Gasteiger partial charge in [-0.2, -0.15) is 5.26 Å². The van der Waals surface area contributed by atoms with E-state index in [-0.39, 0.29) is 17.0 Å². The van der Waals surface area contributed by atoms with E-state index in [0.29, 0.717) is 18.6 Å². The van der Waals surface area contributed by atoms with Crippen molar-refractivity contribution in [3.8, 4) is 6.07 Å². The summed E-state index contributed by atoms with van der Waals surface area (Å²) in [5.41, 5.74) is 3.84.